The predicted molar refractivity (Wildman–Crippen MR) is 144 cm³/mol. The number of rotatable bonds is 5. The highest BCUT2D eigenvalue weighted by Gasteiger charge is 2.49. The molecule has 8 nitrogen and oxygen atoms in total. The number of hydrogen-bond acceptors (Lipinski definition) is 8. The van der Waals surface area contributed by atoms with Crippen molar-refractivity contribution in [2.75, 3.05) is 5.73 Å². The van der Waals surface area contributed by atoms with Crippen LogP contribution < -0.4 is 28.3 Å². The fraction of sp³-hybridized carbons (Fsp3) is 0.444. The Labute approximate surface area is 214 Å². The Hall–Kier alpha value is -2.85. The van der Waals surface area contributed by atoms with Crippen LogP contribution >= 0.6 is 11.3 Å². The summed E-state index contributed by atoms with van der Waals surface area (Å²) in [5.74, 6) is -0.192. The number of carbonyl (C=O) groups excluding carboxylic acids is 2. The smallest absolute Gasteiger partial charge is 0.262 e. The quantitative estimate of drug-likeness (QED) is 0.332. The highest BCUT2D eigenvalue weighted by molar-refractivity contribution is 7.21. The normalized spacial score (nSPS) is 25.6. The van der Waals surface area contributed by atoms with Gasteiger partial charge < -0.3 is 28.3 Å². The minimum absolute atomic E-state index is 0.0820. The van der Waals surface area contributed by atoms with E-state index in [1.54, 1.807) is 18.3 Å². The molecule has 0 bridgehead atoms. The number of Topliss-reactive ketones (excluding diaryl/α,β-unsaturated/α-hetero) is 1. The van der Waals surface area contributed by atoms with Crippen molar-refractivity contribution in [1.82, 2.24) is 10.3 Å². The van der Waals surface area contributed by atoms with Gasteiger partial charge in [-0.1, -0.05) is 19.9 Å². The summed E-state index contributed by atoms with van der Waals surface area (Å²) in [6.45, 7) is 6.21. The highest BCUT2D eigenvalue weighted by atomic mass is 32.1. The van der Waals surface area contributed by atoms with Gasteiger partial charge in [0.1, 0.15) is 5.54 Å². The topological polar surface area (TPSA) is 163 Å². The number of amides is 1. The van der Waals surface area contributed by atoms with Crippen LogP contribution in [0.3, 0.4) is 0 Å². The molecular weight excluding hydrogens is 472 g/mol. The van der Waals surface area contributed by atoms with Crippen LogP contribution in [-0.2, 0) is 16.8 Å². The lowest BCUT2D eigenvalue weighted by atomic mass is 9.70. The monoisotopic (exact) mass is 506 g/mol. The maximum absolute atomic E-state index is 14.0. The van der Waals surface area contributed by atoms with Crippen LogP contribution in [0.1, 0.15) is 76.8 Å². The van der Waals surface area contributed by atoms with E-state index in [1.165, 1.54) is 11.3 Å². The summed E-state index contributed by atoms with van der Waals surface area (Å²) in [6, 6.07) is 4.26. The highest BCUT2D eigenvalue weighted by Crippen LogP contribution is 2.49. The van der Waals surface area contributed by atoms with Gasteiger partial charge in [-0.05, 0) is 61.8 Å². The minimum Gasteiger partial charge on any atom is -0.398 e. The fourth-order valence-electron chi connectivity index (χ4n) is 5.79. The molecule has 2 aliphatic carbocycles. The second-order valence-corrected chi connectivity index (χ2v) is 11.7. The first kappa shape index (κ1) is 24.8. The molecule has 9 N–H and O–H groups in total. The first-order valence-corrected chi connectivity index (χ1v) is 13.3. The molecule has 1 aromatic carbocycles. The average molecular weight is 507 g/mol. The molecule has 1 fully saturated rings. The van der Waals surface area contributed by atoms with Crippen LogP contribution in [0.4, 0.5) is 5.69 Å². The number of aryl methyl sites for hydroxylation is 1. The molecular formula is C27H34N6O2S. The van der Waals surface area contributed by atoms with Crippen molar-refractivity contribution in [3.63, 3.8) is 0 Å². The summed E-state index contributed by atoms with van der Waals surface area (Å²) in [7, 11) is 0. The van der Waals surface area contributed by atoms with Crippen molar-refractivity contribution in [3.8, 4) is 0 Å². The van der Waals surface area contributed by atoms with Gasteiger partial charge in [0.05, 0.1) is 15.6 Å². The van der Waals surface area contributed by atoms with E-state index < -0.39 is 11.6 Å². The standard InChI is InChI=1S/C27H34N6O2S/c1-12(2)9-14-10-13(3)16(11-32-14)27(31)15-7-8-18(29)23-20(15)21(22(30)25(27)34)24(36-23)26(35)33-19-6-4-5-17(19)28/h7-8,10-12,17,19,22H,4-6,9,28-31H2,1-3H3,(H,33,35)/t17-,19+,22?,27?/m0/s1. The second kappa shape index (κ2) is 8.92. The molecule has 3 aromatic rings. The average Bonchev–Trinajstić information content (AvgIpc) is 3.41. The van der Waals surface area contributed by atoms with Gasteiger partial charge in [0.25, 0.3) is 5.91 Å². The zero-order valence-electron chi connectivity index (χ0n) is 20.9. The number of nitrogens with one attached hydrogen (secondary N) is 1. The maximum Gasteiger partial charge on any atom is 0.262 e. The number of nitrogens with two attached hydrogens (primary N) is 4. The molecule has 1 amide bonds. The van der Waals surface area contributed by atoms with Crippen molar-refractivity contribution in [2.24, 2.45) is 23.1 Å². The molecule has 0 aliphatic heterocycles. The van der Waals surface area contributed by atoms with Crippen LogP contribution in [0.25, 0.3) is 10.1 Å². The van der Waals surface area contributed by atoms with Crippen molar-refractivity contribution in [2.45, 2.75) is 70.1 Å². The van der Waals surface area contributed by atoms with Crippen LogP contribution in [0.15, 0.2) is 24.4 Å². The number of nitrogen functional groups attached to an aromatic ring is 1. The number of hydrogen-bond donors (Lipinski definition) is 5. The summed E-state index contributed by atoms with van der Waals surface area (Å²) in [4.78, 5) is 32.4. The fourth-order valence-corrected chi connectivity index (χ4v) is 6.99. The van der Waals surface area contributed by atoms with Gasteiger partial charge in [0.2, 0.25) is 0 Å². The molecule has 2 aliphatic rings. The zero-order valence-corrected chi connectivity index (χ0v) is 21.7. The number of ketones is 1. The first-order valence-electron chi connectivity index (χ1n) is 12.5. The largest absolute Gasteiger partial charge is 0.398 e. The summed E-state index contributed by atoms with van der Waals surface area (Å²) in [6.07, 6.45) is 5.21. The van der Waals surface area contributed by atoms with Gasteiger partial charge >= 0.3 is 0 Å². The van der Waals surface area contributed by atoms with Gasteiger partial charge in [-0.25, -0.2) is 0 Å². The summed E-state index contributed by atoms with van der Waals surface area (Å²) >= 11 is 1.26. The van der Waals surface area contributed by atoms with Crippen LogP contribution in [0.2, 0.25) is 0 Å². The second-order valence-electron chi connectivity index (χ2n) is 10.7. The molecule has 5 rings (SSSR count). The molecule has 0 saturated heterocycles. The van der Waals surface area contributed by atoms with Gasteiger partial charge in [-0.2, -0.15) is 0 Å². The Balaban J connectivity index is 1.67. The Bertz CT molecular complexity index is 1380. The minimum atomic E-state index is -1.51. The molecule has 36 heavy (non-hydrogen) atoms. The van der Waals surface area contributed by atoms with E-state index in [4.69, 9.17) is 22.9 Å². The Morgan fingerprint density at radius 1 is 1.25 bits per heavy atom. The van der Waals surface area contributed by atoms with E-state index >= 15 is 0 Å². The van der Waals surface area contributed by atoms with E-state index in [0.29, 0.717) is 43.3 Å². The number of nitrogens with zero attached hydrogens (tertiary/aromatic N) is 1. The van der Waals surface area contributed by atoms with E-state index in [1.807, 2.05) is 13.0 Å². The molecule has 0 spiro atoms. The molecule has 2 aromatic heterocycles. The van der Waals surface area contributed by atoms with Gasteiger partial charge in [-0.3, -0.25) is 14.6 Å². The molecule has 4 atom stereocenters. The van der Waals surface area contributed by atoms with E-state index in [0.717, 1.165) is 36.9 Å². The molecule has 2 heterocycles. The van der Waals surface area contributed by atoms with Gasteiger partial charge in [-0.15, -0.1) is 11.3 Å². The third-order valence-corrected chi connectivity index (χ3v) is 8.87. The number of thiophene rings is 1. The Morgan fingerprint density at radius 2 is 2.00 bits per heavy atom. The summed E-state index contributed by atoms with van der Waals surface area (Å²) in [5, 5.41) is 3.76. The van der Waals surface area contributed by atoms with Gasteiger partial charge in [0.15, 0.2) is 5.78 Å². The SMILES string of the molecule is Cc1cc(CC(C)C)ncc1C1(N)C(=O)C(N)c2c(C(=O)N[C@@H]3CCC[C@@H]3N)sc3c(N)ccc1c23. The lowest BCUT2D eigenvalue weighted by molar-refractivity contribution is -0.124. The summed E-state index contributed by atoms with van der Waals surface area (Å²) in [5.41, 5.74) is 28.7. The molecule has 0 radical (unpaired) electrons. The van der Waals surface area contributed by atoms with E-state index in [-0.39, 0.29) is 23.8 Å². The molecule has 2 unspecified atom stereocenters. The number of aromatic nitrogens is 1. The van der Waals surface area contributed by atoms with Crippen molar-refractivity contribution < 1.29 is 9.59 Å². The van der Waals surface area contributed by atoms with Crippen molar-refractivity contribution in [1.29, 1.82) is 0 Å². The van der Waals surface area contributed by atoms with Crippen LogP contribution in [-0.4, -0.2) is 28.8 Å². The van der Waals surface area contributed by atoms with E-state index in [9.17, 15) is 9.59 Å². The lowest BCUT2D eigenvalue weighted by Gasteiger charge is -2.37. The number of anilines is 1. The molecule has 1 saturated carbocycles. The maximum atomic E-state index is 14.0. The summed E-state index contributed by atoms with van der Waals surface area (Å²) < 4.78 is 0.711. The zero-order chi connectivity index (χ0) is 25.9. The van der Waals surface area contributed by atoms with Crippen LogP contribution in [0.5, 0.6) is 0 Å². The van der Waals surface area contributed by atoms with E-state index in [2.05, 4.69) is 24.1 Å². The Kier molecular flexibility index (Phi) is 6.15. The first-order chi connectivity index (χ1) is 17.0. The third-order valence-electron chi connectivity index (χ3n) is 7.61. The number of carbonyl (C=O) groups is 2. The third kappa shape index (κ3) is 3.73. The predicted octanol–water partition coefficient (Wildman–Crippen LogP) is 2.78. The van der Waals surface area contributed by atoms with Gasteiger partial charge in [0, 0.05) is 46.2 Å². The molecule has 9 heteroatoms. The van der Waals surface area contributed by atoms with Crippen molar-refractivity contribution >= 4 is 38.8 Å². The van der Waals surface area contributed by atoms with Crippen LogP contribution in [0, 0.1) is 12.8 Å². The number of pyridine rings is 1. The van der Waals surface area contributed by atoms with Crippen molar-refractivity contribution in [3.05, 3.63) is 57.2 Å². The molecule has 190 valence electrons. The lowest BCUT2D eigenvalue weighted by Crippen LogP contribution is -2.53. The number of benzene rings is 1. The Morgan fingerprint density at radius 3 is 2.64 bits per heavy atom.